The Bertz CT molecular complexity index is 407. The summed E-state index contributed by atoms with van der Waals surface area (Å²) in [5, 5.41) is 6.68. The molecule has 1 rings (SSSR count). The number of nitrogens with zero attached hydrogens (tertiary/aromatic N) is 1. The molecule has 0 amide bonds. The average Bonchev–Trinajstić information content (AvgIpc) is 2.62. The van der Waals surface area contributed by atoms with Gasteiger partial charge in [0.25, 0.3) is 0 Å². The van der Waals surface area contributed by atoms with Gasteiger partial charge >= 0.3 is 0 Å². The Hall–Kier alpha value is -1.45. The molecule has 2 N–H and O–H groups in total. The van der Waals surface area contributed by atoms with Crippen LogP contribution >= 0.6 is 0 Å². The van der Waals surface area contributed by atoms with E-state index in [-0.39, 0.29) is 0 Å². The van der Waals surface area contributed by atoms with E-state index in [1.54, 1.807) is 7.05 Å². The lowest BCUT2D eigenvalue weighted by Gasteiger charge is -2.20. The van der Waals surface area contributed by atoms with Crippen LogP contribution < -0.4 is 10.6 Å². The van der Waals surface area contributed by atoms with Gasteiger partial charge in [0.15, 0.2) is 5.96 Å². The van der Waals surface area contributed by atoms with Crippen LogP contribution in [-0.2, 0) is 6.54 Å². The molecule has 0 radical (unpaired) electrons. The Kier molecular flexibility index (Phi) is 5.25. The summed E-state index contributed by atoms with van der Waals surface area (Å²) >= 11 is 0. The minimum Gasteiger partial charge on any atom is -0.466 e. The third-order valence-corrected chi connectivity index (χ3v) is 3.18. The van der Waals surface area contributed by atoms with E-state index in [1.165, 1.54) is 5.56 Å². The van der Waals surface area contributed by atoms with Crippen LogP contribution in [0.2, 0.25) is 0 Å². The second-order valence-corrected chi connectivity index (χ2v) is 5.04. The van der Waals surface area contributed by atoms with E-state index in [0.717, 1.165) is 24.0 Å². The standard InChI is InChI=1S/C14H25N3O/c1-9(2)11(4)17-14(15-6)16-8-13-7-10(3)18-12(13)5/h7,9,11H,8H2,1-6H3,(H2,15,16,17). The zero-order valence-electron chi connectivity index (χ0n) is 12.3. The van der Waals surface area contributed by atoms with Crippen LogP contribution in [0.5, 0.6) is 0 Å². The predicted molar refractivity (Wildman–Crippen MR) is 75.8 cm³/mol. The van der Waals surface area contributed by atoms with Gasteiger partial charge in [0.1, 0.15) is 11.5 Å². The molecule has 1 aromatic heterocycles. The van der Waals surface area contributed by atoms with Crippen LogP contribution in [0.3, 0.4) is 0 Å². The first-order chi connectivity index (χ1) is 8.43. The molecule has 1 atom stereocenters. The highest BCUT2D eigenvalue weighted by Crippen LogP contribution is 2.13. The summed E-state index contributed by atoms with van der Waals surface area (Å²) < 4.78 is 5.50. The average molecular weight is 251 g/mol. The van der Waals surface area contributed by atoms with E-state index in [0.29, 0.717) is 12.0 Å². The molecule has 0 fully saturated rings. The molecule has 0 saturated carbocycles. The first-order valence-electron chi connectivity index (χ1n) is 6.47. The number of hydrogen-bond acceptors (Lipinski definition) is 2. The van der Waals surface area contributed by atoms with Crippen LogP contribution in [0.25, 0.3) is 0 Å². The molecule has 0 saturated heterocycles. The molecule has 18 heavy (non-hydrogen) atoms. The zero-order chi connectivity index (χ0) is 13.7. The summed E-state index contributed by atoms with van der Waals surface area (Å²) in [6.07, 6.45) is 0. The van der Waals surface area contributed by atoms with Gasteiger partial charge < -0.3 is 15.1 Å². The number of aryl methyl sites for hydroxylation is 2. The summed E-state index contributed by atoms with van der Waals surface area (Å²) in [5.74, 6) is 3.31. The summed E-state index contributed by atoms with van der Waals surface area (Å²) in [6, 6.07) is 2.45. The Morgan fingerprint density at radius 1 is 1.33 bits per heavy atom. The van der Waals surface area contributed by atoms with E-state index in [4.69, 9.17) is 4.42 Å². The van der Waals surface area contributed by atoms with Crippen LogP contribution in [0.4, 0.5) is 0 Å². The molecule has 4 nitrogen and oxygen atoms in total. The lowest BCUT2D eigenvalue weighted by molar-refractivity contribution is 0.480. The molecule has 1 unspecified atom stereocenters. The quantitative estimate of drug-likeness (QED) is 0.639. The molecule has 0 bridgehead atoms. The van der Waals surface area contributed by atoms with Gasteiger partial charge in [-0.3, -0.25) is 4.99 Å². The molecule has 1 aromatic rings. The molecule has 0 aliphatic carbocycles. The molecule has 0 aliphatic heterocycles. The molecular weight excluding hydrogens is 226 g/mol. The van der Waals surface area contributed by atoms with E-state index in [9.17, 15) is 0 Å². The fraction of sp³-hybridized carbons (Fsp3) is 0.643. The van der Waals surface area contributed by atoms with Crippen molar-refractivity contribution in [1.82, 2.24) is 10.6 Å². The second kappa shape index (κ2) is 6.47. The lowest BCUT2D eigenvalue weighted by atomic mass is 10.1. The minimum absolute atomic E-state index is 0.392. The minimum atomic E-state index is 0.392. The molecule has 0 spiro atoms. The van der Waals surface area contributed by atoms with Crippen LogP contribution in [0, 0.1) is 19.8 Å². The van der Waals surface area contributed by atoms with E-state index >= 15 is 0 Å². The van der Waals surface area contributed by atoms with Crippen molar-refractivity contribution >= 4 is 5.96 Å². The zero-order valence-corrected chi connectivity index (χ0v) is 12.3. The first-order valence-corrected chi connectivity index (χ1v) is 6.47. The molecule has 4 heteroatoms. The van der Waals surface area contributed by atoms with Crippen molar-refractivity contribution in [3.8, 4) is 0 Å². The van der Waals surface area contributed by atoms with Crippen molar-refractivity contribution in [2.45, 2.75) is 47.2 Å². The Labute approximate surface area is 110 Å². The lowest BCUT2D eigenvalue weighted by Crippen LogP contribution is -2.43. The fourth-order valence-corrected chi connectivity index (χ4v) is 1.61. The third-order valence-electron chi connectivity index (χ3n) is 3.18. The van der Waals surface area contributed by atoms with Gasteiger partial charge in [-0.2, -0.15) is 0 Å². The van der Waals surface area contributed by atoms with Gasteiger partial charge in [0.2, 0.25) is 0 Å². The Balaban J connectivity index is 2.53. The molecule has 0 aliphatic rings. The predicted octanol–water partition coefficient (Wildman–Crippen LogP) is 2.61. The summed E-state index contributed by atoms with van der Waals surface area (Å²) in [7, 11) is 1.79. The number of furan rings is 1. The van der Waals surface area contributed by atoms with Crippen molar-refractivity contribution in [1.29, 1.82) is 0 Å². The number of aliphatic imine (C=N–C) groups is 1. The Morgan fingerprint density at radius 3 is 2.44 bits per heavy atom. The SMILES string of the molecule is CN=C(NCc1cc(C)oc1C)NC(C)C(C)C. The van der Waals surface area contributed by atoms with Crippen molar-refractivity contribution in [2.75, 3.05) is 7.05 Å². The monoisotopic (exact) mass is 251 g/mol. The summed E-state index contributed by atoms with van der Waals surface area (Å²) in [5.41, 5.74) is 1.17. The maximum atomic E-state index is 5.50. The van der Waals surface area contributed by atoms with Gasteiger partial charge in [-0.15, -0.1) is 0 Å². The third kappa shape index (κ3) is 4.09. The molecule has 1 heterocycles. The van der Waals surface area contributed by atoms with Crippen molar-refractivity contribution in [3.63, 3.8) is 0 Å². The van der Waals surface area contributed by atoms with E-state index in [2.05, 4.69) is 42.5 Å². The van der Waals surface area contributed by atoms with Crippen molar-refractivity contribution in [2.24, 2.45) is 10.9 Å². The van der Waals surface area contributed by atoms with E-state index < -0.39 is 0 Å². The fourth-order valence-electron chi connectivity index (χ4n) is 1.61. The van der Waals surface area contributed by atoms with Crippen LogP contribution in [0.15, 0.2) is 15.5 Å². The van der Waals surface area contributed by atoms with Gasteiger partial charge in [-0.05, 0) is 32.8 Å². The van der Waals surface area contributed by atoms with Gasteiger partial charge in [-0.1, -0.05) is 13.8 Å². The van der Waals surface area contributed by atoms with Gasteiger partial charge in [0.05, 0.1) is 0 Å². The van der Waals surface area contributed by atoms with E-state index in [1.807, 2.05) is 13.8 Å². The second-order valence-electron chi connectivity index (χ2n) is 5.04. The van der Waals surface area contributed by atoms with Gasteiger partial charge in [0, 0.05) is 25.2 Å². The number of hydrogen-bond donors (Lipinski definition) is 2. The number of guanidine groups is 1. The maximum Gasteiger partial charge on any atom is 0.191 e. The molecular formula is C14H25N3O. The smallest absolute Gasteiger partial charge is 0.191 e. The highest BCUT2D eigenvalue weighted by Gasteiger charge is 2.10. The van der Waals surface area contributed by atoms with Crippen LogP contribution in [0.1, 0.15) is 37.9 Å². The highest BCUT2D eigenvalue weighted by atomic mass is 16.3. The summed E-state index contributed by atoms with van der Waals surface area (Å²) in [4.78, 5) is 4.23. The van der Waals surface area contributed by atoms with Crippen molar-refractivity contribution in [3.05, 3.63) is 23.2 Å². The molecule has 0 aromatic carbocycles. The van der Waals surface area contributed by atoms with Crippen LogP contribution in [-0.4, -0.2) is 19.0 Å². The number of rotatable bonds is 4. The maximum absolute atomic E-state index is 5.50. The first kappa shape index (κ1) is 14.6. The summed E-state index contributed by atoms with van der Waals surface area (Å²) in [6.45, 7) is 11.2. The normalized spacial score (nSPS) is 13.8. The number of nitrogens with one attached hydrogen (secondary N) is 2. The van der Waals surface area contributed by atoms with Crippen molar-refractivity contribution < 1.29 is 4.42 Å². The van der Waals surface area contributed by atoms with Gasteiger partial charge in [-0.25, -0.2) is 0 Å². The topological polar surface area (TPSA) is 49.6 Å². The largest absolute Gasteiger partial charge is 0.466 e. The molecule has 102 valence electrons. The highest BCUT2D eigenvalue weighted by molar-refractivity contribution is 5.79. The Morgan fingerprint density at radius 2 is 2.00 bits per heavy atom.